The van der Waals surface area contributed by atoms with Crippen molar-refractivity contribution in [3.8, 4) is 5.75 Å². The van der Waals surface area contributed by atoms with Gasteiger partial charge in [-0.05, 0) is 48.0 Å². The van der Waals surface area contributed by atoms with E-state index >= 15 is 0 Å². The summed E-state index contributed by atoms with van der Waals surface area (Å²) in [6.07, 6.45) is 1.16. The van der Waals surface area contributed by atoms with Crippen molar-refractivity contribution in [1.29, 1.82) is 0 Å². The summed E-state index contributed by atoms with van der Waals surface area (Å²) in [4.78, 5) is 2.16. The summed E-state index contributed by atoms with van der Waals surface area (Å²) < 4.78 is 7.59. The average molecular weight is 355 g/mol. The fraction of sp³-hybridized carbons (Fsp3) is 0.350. The molecule has 0 radical (unpaired) electrons. The van der Waals surface area contributed by atoms with E-state index in [1.165, 1.54) is 10.7 Å². The number of amidine groups is 1. The monoisotopic (exact) mass is 355 g/mol. The van der Waals surface area contributed by atoms with Crippen molar-refractivity contribution >= 4 is 16.9 Å². The van der Waals surface area contributed by atoms with Crippen molar-refractivity contribution in [2.24, 2.45) is 0 Å². The van der Waals surface area contributed by atoms with Gasteiger partial charge in [0.15, 0.2) is 6.54 Å². The van der Waals surface area contributed by atoms with E-state index in [1.807, 2.05) is 54.2 Å². The van der Waals surface area contributed by atoms with Crippen molar-refractivity contribution in [2.45, 2.75) is 18.7 Å². The zero-order chi connectivity index (χ0) is 17.3. The smallest absolute Gasteiger partial charge is 0.311 e. The van der Waals surface area contributed by atoms with Crippen molar-refractivity contribution in [3.05, 3.63) is 65.7 Å². The first kappa shape index (κ1) is 16.5. The Kier molecular flexibility index (Phi) is 4.44. The molecule has 0 saturated heterocycles. The predicted molar refractivity (Wildman–Crippen MR) is 101 cm³/mol. The quantitative estimate of drug-likeness (QED) is 0.856. The minimum absolute atomic E-state index is 0.606. The second-order valence-electron chi connectivity index (χ2n) is 6.52. The summed E-state index contributed by atoms with van der Waals surface area (Å²) in [5.74, 6) is 1.91. The molecule has 0 aromatic heterocycles. The number of thioether (sulfide) groups is 1. The topological polar surface area (TPSA) is 35.7 Å². The summed E-state index contributed by atoms with van der Waals surface area (Å²) >= 11 is 1.85. The fourth-order valence-electron chi connectivity index (χ4n) is 3.58. The van der Waals surface area contributed by atoms with Gasteiger partial charge in [0.2, 0.25) is 0 Å². The van der Waals surface area contributed by atoms with E-state index in [2.05, 4.69) is 21.6 Å². The van der Waals surface area contributed by atoms with Crippen molar-refractivity contribution in [2.75, 3.05) is 26.0 Å². The van der Waals surface area contributed by atoms with Crippen LogP contribution in [0.15, 0.2) is 54.6 Å². The van der Waals surface area contributed by atoms with E-state index in [-0.39, 0.29) is 0 Å². The molecule has 0 spiro atoms. The van der Waals surface area contributed by atoms with Gasteiger partial charge in [-0.25, -0.2) is 9.48 Å². The van der Waals surface area contributed by atoms with Crippen molar-refractivity contribution < 1.29 is 14.4 Å². The number of hydrogen-bond donors (Lipinski definition) is 1. The largest absolute Gasteiger partial charge is 0.497 e. The zero-order valence-electron chi connectivity index (χ0n) is 14.4. The van der Waals surface area contributed by atoms with Gasteiger partial charge in [-0.3, -0.25) is 0 Å². The Morgan fingerprint density at radius 3 is 2.64 bits per heavy atom. The lowest BCUT2D eigenvalue weighted by atomic mass is 10.0. The van der Waals surface area contributed by atoms with Crippen LogP contribution >= 0.6 is 11.8 Å². The number of benzene rings is 2. The molecule has 4 nitrogen and oxygen atoms in total. The maximum Gasteiger partial charge on any atom is 0.311 e. The molecule has 1 atom stereocenters. The van der Waals surface area contributed by atoms with Gasteiger partial charge in [0.05, 0.1) is 13.7 Å². The Morgan fingerprint density at radius 1 is 1.16 bits per heavy atom. The maximum atomic E-state index is 11.7. The SMILES string of the molecule is COc1ccc([C@]2(O)C[N+]3=C(SCCC3)N2Cc2ccccc2)cc1. The third-order valence-electron chi connectivity index (χ3n) is 4.90. The van der Waals surface area contributed by atoms with Crippen LogP contribution in [-0.2, 0) is 12.3 Å². The Labute approximate surface area is 152 Å². The molecule has 1 N–H and O–H groups in total. The van der Waals surface area contributed by atoms with E-state index in [0.29, 0.717) is 13.1 Å². The molecule has 5 heteroatoms. The molecule has 2 aliphatic rings. The molecule has 2 heterocycles. The van der Waals surface area contributed by atoms with Crippen LogP contribution < -0.4 is 4.74 Å². The summed E-state index contributed by atoms with van der Waals surface area (Å²) in [5.41, 5.74) is 1.09. The van der Waals surface area contributed by atoms with Gasteiger partial charge in [0.1, 0.15) is 12.3 Å². The lowest BCUT2D eigenvalue weighted by molar-refractivity contribution is -0.532. The van der Waals surface area contributed by atoms with Crippen LogP contribution in [0.25, 0.3) is 0 Å². The van der Waals surface area contributed by atoms with Gasteiger partial charge >= 0.3 is 5.17 Å². The Balaban J connectivity index is 1.71. The fourth-order valence-corrected chi connectivity index (χ4v) is 4.75. The molecule has 2 aromatic rings. The van der Waals surface area contributed by atoms with Gasteiger partial charge in [-0.15, -0.1) is 0 Å². The van der Waals surface area contributed by atoms with Crippen LogP contribution in [0.1, 0.15) is 17.5 Å². The number of ether oxygens (including phenoxy) is 1. The first-order chi connectivity index (χ1) is 12.2. The van der Waals surface area contributed by atoms with E-state index < -0.39 is 5.72 Å². The highest BCUT2D eigenvalue weighted by molar-refractivity contribution is 8.13. The molecule has 0 unspecified atom stereocenters. The number of aliphatic hydroxyl groups is 1. The first-order valence-corrected chi connectivity index (χ1v) is 9.62. The van der Waals surface area contributed by atoms with Gasteiger partial charge in [0, 0.05) is 11.3 Å². The maximum absolute atomic E-state index is 11.7. The predicted octanol–water partition coefficient (Wildman–Crippen LogP) is 2.86. The molecule has 2 aromatic carbocycles. The highest BCUT2D eigenvalue weighted by Gasteiger charge is 2.53. The Hall–Kier alpha value is -1.98. The number of methoxy groups -OCH3 is 1. The van der Waals surface area contributed by atoms with Crippen molar-refractivity contribution in [3.63, 3.8) is 0 Å². The summed E-state index contributed by atoms with van der Waals surface area (Å²) in [6.45, 7) is 2.31. The molecule has 0 bridgehead atoms. The van der Waals surface area contributed by atoms with Crippen LogP contribution in [-0.4, -0.2) is 45.7 Å². The van der Waals surface area contributed by atoms with Crippen LogP contribution in [0.4, 0.5) is 0 Å². The number of nitrogens with zero attached hydrogens (tertiary/aromatic N) is 2. The molecule has 2 aliphatic heterocycles. The molecule has 0 amide bonds. The minimum Gasteiger partial charge on any atom is -0.497 e. The van der Waals surface area contributed by atoms with Gasteiger partial charge < -0.3 is 9.84 Å². The highest BCUT2D eigenvalue weighted by Crippen LogP contribution is 2.37. The van der Waals surface area contributed by atoms with Crippen LogP contribution in [0.3, 0.4) is 0 Å². The normalized spacial score (nSPS) is 22.9. The second-order valence-corrected chi connectivity index (χ2v) is 7.59. The van der Waals surface area contributed by atoms with Crippen LogP contribution in [0.2, 0.25) is 0 Å². The van der Waals surface area contributed by atoms with Gasteiger partial charge in [-0.2, -0.15) is 0 Å². The molecular weight excluding hydrogens is 332 g/mol. The number of hydrogen-bond acceptors (Lipinski definition) is 4. The van der Waals surface area contributed by atoms with E-state index in [9.17, 15) is 5.11 Å². The summed E-state index contributed by atoms with van der Waals surface area (Å²) in [7, 11) is 1.66. The summed E-state index contributed by atoms with van der Waals surface area (Å²) in [5, 5.41) is 12.9. The van der Waals surface area contributed by atoms with Crippen LogP contribution in [0, 0.1) is 0 Å². The van der Waals surface area contributed by atoms with Gasteiger partial charge in [0.25, 0.3) is 5.72 Å². The lowest BCUT2D eigenvalue weighted by Gasteiger charge is -2.29. The molecule has 0 fully saturated rings. The molecule has 0 saturated carbocycles. The standard InChI is InChI=1S/C20H23N2O2S/c1-24-18-10-8-17(9-11-18)20(23)15-21-12-5-13-25-19(21)22(20)14-16-6-3-2-4-7-16/h2-4,6-11,23H,5,12-15H2,1H3/q+1/t20-/m1/s1. The third kappa shape index (κ3) is 3.02. The highest BCUT2D eigenvalue weighted by atomic mass is 32.2. The van der Waals surface area contributed by atoms with Gasteiger partial charge in [-0.1, -0.05) is 30.3 Å². The molecule has 0 aliphatic carbocycles. The van der Waals surface area contributed by atoms with E-state index in [1.54, 1.807) is 7.11 Å². The van der Waals surface area contributed by atoms with Crippen molar-refractivity contribution in [1.82, 2.24) is 4.90 Å². The molecule has 130 valence electrons. The second kappa shape index (κ2) is 6.73. The average Bonchev–Trinajstić information content (AvgIpc) is 2.96. The third-order valence-corrected chi connectivity index (χ3v) is 6.13. The lowest BCUT2D eigenvalue weighted by Crippen LogP contribution is -2.45. The van der Waals surface area contributed by atoms with E-state index in [4.69, 9.17) is 4.74 Å². The minimum atomic E-state index is -1.02. The van der Waals surface area contributed by atoms with Crippen LogP contribution in [0.5, 0.6) is 5.75 Å². The molecule has 25 heavy (non-hydrogen) atoms. The first-order valence-electron chi connectivity index (χ1n) is 8.64. The zero-order valence-corrected chi connectivity index (χ0v) is 15.2. The molecule has 4 rings (SSSR count). The van der Waals surface area contributed by atoms with E-state index in [0.717, 1.165) is 30.0 Å². The Bertz CT molecular complexity index is 776. The molecular formula is C20H23N2O2S+. The number of rotatable bonds is 4. The Morgan fingerprint density at radius 2 is 1.92 bits per heavy atom. The summed E-state index contributed by atoms with van der Waals surface area (Å²) in [6, 6.07) is 18.1.